The van der Waals surface area contributed by atoms with Gasteiger partial charge in [0, 0.05) is 18.8 Å². The minimum atomic E-state index is -0.333. The van der Waals surface area contributed by atoms with Crippen LogP contribution in [0.5, 0.6) is 0 Å². The van der Waals surface area contributed by atoms with Gasteiger partial charge >= 0.3 is 0 Å². The number of nitrogens with one attached hydrogen (secondary N) is 1. The summed E-state index contributed by atoms with van der Waals surface area (Å²) in [4.78, 5) is 11.8. The Balaban J connectivity index is 2.43. The summed E-state index contributed by atoms with van der Waals surface area (Å²) in [5.74, 6) is -0.0200. The first-order valence-electron chi connectivity index (χ1n) is 6.18. The highest BCUT2D eigenvalue weighted by Crippen LogP contribution is 2.09. The molecule has 1 amide bonds. The number of nitrogen functional groups attached to an aromatic ring is 1. The lowest BCUT2D eigenvalue weighted by molar-refractivity contribution is -0.122. The summed E-state index contributed by atoms with van der Waals surface area (Å²) in [6.07, 6.45) is 0.341. The molecule has 0 aliphatic heterocycles. The van der Waals surface area contributed by atoms with Crippen molar-refractivity contribution in [3.05, 3.63) is 29.8 Å². The third kappa shape index (κ3) is 5.19. The molecule has 0 aromatic heterocycles. The number of hydrogen-bond donors (Lipinski definition) is 2. The predicted octanol–water partition coefficient (Wildman–Crippen LogP) is 1.74. The van der Waals surface area contributed by atoms with Crippen molar-refractivity contribution in [2.75, 3.05) is 18.9 Å². The SMILES string of the molecule is CCOC(C)(C)CNC(=O)Cc1cccc(N)c1. The number of nitrogens with two attached hydrogens (primary N) is 1. The van der Waals surface area contributed by atoms with Crippen molar-refractivity contribution in [2.45, 2.75) is 32.8 Å². The summed E-state index contributed by atoms with van der Waals surface area (Å²) in [5, 5.41) is 2.87. The van der Waals surface area contributed by atoms with Crippen molar-refractivity contribution in [3.8, 4) is 0 Å². The molecule has 0 atom stereocenters. The summed E-state index contributed by atoms with van der Waals surface area (Å²) in [6, 6.07) is 7.36. The van der Waals surface area contributed by atoms with E-state index >= 15 is 0 Å². The molecule has 0 aliphatic rings. The monoisotopic (exact) mass is 250 g/mol. The Morgan fingerprint density at radius 1 is 1.44 bits per heavy atom. The fraction of sp³-hybridized carbons (Fsp3) is 0.500. The van der Waals surface area contributed by atoms with Crippen LogP contribution >= 0.6 is 0 Å². The van der Waals surface area contributed by atoms with E-state index in [0.29, 0.717) is 25.3 Å². The van der Waals surface area contributed by atoms with Crippen LogP contribution in [0.2, 0.25) is 0 Å². The van der Waals surface area contributed by atoms with Gasteiger partial charge in [0.2, 0.25) is 5.91 Å². The first kappa shape index (κ1) is 14.5. The van der Waals surface area contributed by atoms with E-state index in [1.807, 2.05) is 39.0 Å². The van der Waals surface area contributed by atoms with Gasteiger partial charge in [-0.05, 0) is 38.5 Å². The van der Waals surface area contributed by atoms with Gasteiger partial charge < -0.3 is 15.8 Å². The number of benzene rings is 1. The van der Waals surface area contributed by atoms with E-state index in [2.05, 4.69) is 5.32 Å². The topological polar surface area (TPSA) is 64.3 Å². The third-order valence-corrected chi connectivity index (χ3v) is 2.56. The lowest BCUT2D eigenvalue weighted by Gasteiger charge is -2.24. The number of rotatable bonds is 6. The molecule has 0 radical (unpaired) electrons. The molecule has 0 aliphatic carbocycles. The molecule has 18 heavy (non-hydrogen) atoms. The molecule has 0 saturated carbocycles. The van der Waals surface area contributed by atoms with Crippen molar-refractivity contribution in [1.29, 1.82) is 0 Å². The van der Waals surface area contributed by atoms with Crippen molar-refractivity contribution in [2.24, 2.45) is 0 Å². The number of carbonyl (C=O) groups excluding carboxylic acids is 1. The highest BCUT2D eigenvalue weighted by Gasteiger charge is 2.18. The molecular formula is C14H22N2O2. The van der Waals surface area contributed by atoms with Crippen molar-refractivity contribution >= 4 is 11.6 Å². The van der Waals surface area contributed by atoms with Gasteiger partial charge in [-0.2, -0.15) is 0 Å². The molecular weight excluding hydrogens is 228 g/mol. The molecule has 4 nitrogen and oxygen atoms in total. The van der Waals surface area contributed by atoms with Crippen LogP contribution in [0.25, 0.3) is 0 Å². The van der Waals surface area contributed by atoms with Crippen LogP contribution in [0.3, 0.4) is 0 Å². The highest BCUT2D eigenvalue weighted by atomic mass is 16.5. The Kier molecular flexibility index (Phi) is 5.16. The normalized spacial score (nSPS) is 11.3. The molecule has 0 fully saturated rings. The number of carbonyl (C=O) groups is 1. The summed E-state index contributed by atoms with van der Waals surface area (Å²) in [5.41, 5.74) is 6.93. The van der Waals surface area contributed by atoms with E-state index < -0.39 is 0 Å². The molecule has 100 valence electrons. The quantitative estimate of drug-likeness (QED) is 0.756. The minimum absolute atomic E-state index is 0.0200. The average Bonchev–Trinajstić information content (AvgIpc) is 2.26. The summed E-state index contributed by atoms with van der Waals surface area (Å²) >= 11 is 0. The van der Waals surface area contributed by atoms with Gasteiger partial charge in [0.25, 0.3) is 0 Å². The molecule has 4 heteroatoms. The Labute approximate surface area is 109 Å². The van der Waals surface area contributed by atoms with Crippen molar-refractivity contribution in [3.63, 3.8) is 0 Å². The number of hydrogen-bond acceptors (Lipinski definition) is 3. The lowest BCUT2D eigenvalue weighted by atomic mass is 10.1. The van der Waals surface area contributed by atoms with Gasteiger partial charge in [0.1, 0.15) is 0 Å². The Hall–Kier alpha value is -1.55. The van der Waals surface area contributed by atoms with Crippen LogP contribution in [-0.4, -0.2) is 24.7 Å². The van der Waals surface area contributed by atoms with Crippen LogP contribution in [0.4, 0.5) is 5.69 Å². The maximum atomic E-state index is 11.8. The number of anilines is 1. The van der Waals surface area contributed by atoms with E-state index in [4.69, 9.17) is 10.5 Å². The van der Waals surface area contributed by atoms with Crippen LogP contribution < -0.4 is 11.1 Å². The zero-order chi connectivity index (χ0) is 13.6. The zero-order valence-corrected chi connectivity index (χ0v) is 11.3. The second-order valence-electron chi connectivity index (χ2n) is 4.89. The minimum Gasteiger partial charge on any atom is -0.399 e. The predicted molar refractivity (Wildman–Crippen MR) is 73.3 cm³/mol. The number of amides is 1. The zero-order valence-electron chi connectivity index (χ0n) is 11.3. The molecule has 0 saturated heterocycles. The first-order valence-corrected chi connectivity index (χ1v) is 6.18. The third-order valence-electron chi connectivity index (χ3n) is 2.56. The van der Waals surface area contributed by atoms with Gasteiger partial charge in [0.15, 0.2) is 0 Å². The largest absolute Gasteiger partial charge is 0.399 e. The Morgan fingerprint density at radius 2 is 2.17 bits per heavy atom. The van der Waals surface area contributed by atoms with Crippen LogP contribution in [0.1, 0.15) is 26.3 Å². The van der Waals surface area contributed by atoms with Crippen LogP contribution in [0, 0.1) is 0 Å². The van der Waals surface area contributed by atoms with E-state index in [1.165, 1.54) is 0 Å². The molecule has 0 heterocycles. The summed E-state index contributed by atoms with van der Waals surface area (Å²) < 4.78 is 5.51. The molecule has 3 N–H and O–H groups in total. The second-order valence-corrected chi connectivity index (χ2v) is 4.89. The molecule has 1 aromatic rings. The van der Waals surface area contributed by atoms with Crippen LogP contribution in [-0.2, 0) is 16.0 Å². The van der Waals surface area contributed by atoms with Gasteiger partial charge in [-0.3, -0.25) is 4.79 Å². The molecule has 1 aromatic carbocycles. The van der Waals surface area contributed by atoms with E-state index in [-0.39, 0.29) is 11.5 Å². The standard InChI is InChI=1S/C14H22N2O2/c1-4-18-14(2,3)10-16-13(17)9-11-6-5-7-12(15)8-11/h5-8H,4,9-10,15H2,1-3H3,(H,16,17). The van der Waals surface area contributed by atoms with Crippen LogP contribution in [0.15, 0.2) is 24.3 Å². The smallest absolute Gasteiger partial charge is 0.224 e. The maximum Gasteiger partial charge on any atom is 0.224 e. The van der Waals surface area contributed by atoms with Gasteiger partial charge in [0.05, 0.1) is 12.0 Å². The summed E-state index contributed by atoms with van der Waals surface area (Å²) in [7, 11) is 0. The maximum absolute atomic E-state index is 11.8. The molecule has 0 unspecified atom stereocenters. The second kappa shape index (κ2) is 6.40. The molecule has 0 spiro atoms. The van der Waals surface area contributed by atoms with E-state index in [0.717, 1.165) is 5.56 Å². The van der Waals surface area contributed by atoms with E-state index in [1.54, 1.807) is 6.07 Å². The van der Waals surface area contributed by atoms with Crippen molar-refractivity contribution in [1.82, 2.24) is 5.32 Å². The van der Waals surface area contributed by atoms with Gasteiger partial charge in [-0.1, -0.05) is 12.1 Å². The molecule has 1 rings (SSSR count). The Morgan fingerprint density at radius 3 is 2.78 bits per heavy atom. The lowest BCUT2D eigenvalue weighted by Crippen LogP contribution is -2.41. The number of ether oxygens (including phenoxy) is 1. The van der Waals surface area contributed by atoms with Crippen molar-refractivity contribution < 1.29 is 9.53 Å². The summed E-state index contributed by atoms with van der Waals surface area (Å²) in [6.45, 7) is 6.99. The fourth-order valence-electron chi connectivity index (χ4n) is 1.70. The van der Waals surface area contributed by atoms with Gasteiger partial charge in [-0.15, -0.1) is 0 Å². The average molecular weight is 250 g/mol. The molecule has 0 bridgehead atoms. The van der Waals surface area contributed by atoms with Gasteiger partial charge in [-0.25, -0.2) is 0 Å². The first-order chi connectivity index (χ1) is 8.43. The highest BCUT2D eigenvalue weighted by molar-refractivity contribution is 5.78. The van der Waals surface area contributed by atoms with E-state index in [9.17, 15) is 4.79 Å². The fourth-order valence-corrected chi connectivity index (χ4v) is 1.70. The Bertz CT molecular complexity index is 403.